The van der Waals surface area contributed by atoms with Gasteiger partial charge in [0.2, 0.25) is 17.8 Å². The lowest BCUT2D eigenvalue weighted by molar-refractivity contribution is -0.117. The molecule has 0 aliphatic heterocycles. The van der Waals surface area contributed by atoms with Crippen molar-refractivity contribution in [2.45, 2.75) is 6.54 Å². The number of carbonyl (C=O) groups is 2. The third-order valence-corrected chi connectivity index (χ3v) is 1.89. The summed E-state index contributed by atoms with van der Waals surface area (Å²) in [6.45, 7) is -0.134. The molecule has 92 valence electrons. The molecule has 17 heavy (non-hydrogen) atoms. The topological polar surface area (TPSA) is 141 Å². The predicted octanol–water partition coefficient (Wildman–Crippen LogP) is -2.29. The van der Waals surface area contributed by atoms with Gasteiger partial charge in [0, 0.05) is 12.7 Å². The van der Waals surface area contributed by atoms with E-state index in [4.69, 9.17) is 17.2 Å². The van der Waals surface area contributed by atoms with E-state index >= 15 is 0 Å². The van der Waals surface area contributed by atoms with Gasteiger partial charge in [0.1, 0.15) is 13.1 Å². The number of primary amides is 2. The van der Waals surface area contributed by atoms with Crippen LogP contribution in [0.2, 0.25) is 0 Å². The Balaban J connectivity index is 2.94. The summed E-state index contributed by atoms with van der Waals surface area (Å²) in [6.07, 6.45) is 1.49. The minimum atomic E-state index is -0.604. The maximum atomic E-state index is 10.9. The second kappa shape index (κ2) is 5.75. The maximum absolute atomic E-state index is 10.9. The number of hydrogen-bond acceptors (Lipinski definition) is 6. The molecule has 0 bridgehead atoms. The quantitative estimate of drug-likeness (QED) is 0.509. The van der Waals surface area contributed by atoms with Crippen LogP contribution in [0, 0.1) is 0 Å². The van der Waals surface area contributed by atoms with Gasteiger partial charge in [0.15, 0.2) is 0 Å². The average molecular weight is 238 g/mol. The molecule has 0 aromatic carbocycles. The number of carbonyl (C=O) groups excluding carboxylic acids is 2. The Labute approximate surface area is 97.8 Å². The largest absolute Gasteiger partial charge is 0.368 e. The highest BCUT2D eigenvalue weighted by molar-refractivity contribution is 5.83. The highest BCUT2D eigenvalue weighted by Crippen LogP contribution is 2.06. The van der Waals surface area contributed by atoms with Gasteiger partial charge in [-0.3, -0.25) is 9.59 Å². The van der Waals surface area contributed by atoms with Gasteiger partial charge in [0.25, 0.3) is 0 Å². The molecular formula is C9H14N6O2. The molecule has 0 unspecified atom stereocenters. The predicted molar refractivity (Wildman–Crippen MR) is 60.5 cm³/mol. The smallest absolute Gasteiger partial charge is 0.237 e. The number of aromatic nitrogens is 2. The minimum Gasteiger partial charge on any atom is -0.368 e. The number of hydrogen-bond donors (Lipinski definition) is 3. The summed E-state index contributed by atoms with van der Waals surface area (Å²) < 4.78 is 0. The zero-order valence-electron chi connectivity index (χ0n) is 9.17. The second-order valence-corrected chi connectivity index (χ2v) is 3.34. The third kappa shape index (κ3) is 4.03. The molecule has 0 aliphatic rings. The average Bonchev–Trinajstić information content (AvgIpc) is 2.27. The number of anilines is 1. The van der Waals surface area contributed by atoms with Crippen molar-refractivity contribution in [3.8, 4) is 0 Å². The van der Waals surface area contributed by atoms with Crippen molar-refractivity contribution in [1.29, 1.82) is 0 Å². The van der Waals surface area contributed by atoms with Crippen LogP contribution in [0.25, 0.3) is 0 Å². The second-order valence-electron chi connectivity index (χ2n) is 3.34. The van der Waals surface area contributed by atoms with E-state index in [0.29, 0.717) is 5.69 Å². The van der Waals surface area contributed by atoms with E-state index in [2.05, 4.69) is 9.97 Å². The molecule has 0 saturated carbocycles. The molecule has 0 aliphatic carbocycles. The lowest BCUT2D eigenvalue weighted by Crippen LogP contribution is -2.40. The summed E-state index contributed by atoms with van der Waals surface area (Å²) in [6, 6.07) is 1.64. The van der Waals surface area contributed by atoms with Crippen LogP contribution >= 0.6 is 0 Å². The van der Waals surface area contributed by atoms with Gasteiger partial charge in [-0.1, -0.05) is 0 Å². The summed E-state index contributed by atoms with van der Waals surface area (Å²) in [5.41, 5.74) is 16.1. The Bertz CT molecular complexity index is 406. The van der Waals surface area contributed by atoms with E-state index in [1.54, 1.807) is 6.07 Å². The highest BCUT2D eigenvalue weighted by Gasteiger charge is 2.14. The van der Waals surface area contributed by atoms with Crippen LogP contribution in [0.4, 0.5) is 5.95 Å². The molecule has 0 spiro atoms. The molecule has 1 aromatic heterocycles. The van der Waals surface area contributed by atoms with Crippen molar-refractivity contribution in [2.75, 3.05) is 18.0 Å². The zero-order chi connectivity index (χ0) is 12.8. The van der Waals surface area contributed by atoms with Crippen molar-refractivity contribution >= 4 is 17.8 Å². The zero-order valence-corrected chi connectivity index (χ0v) is 9.17. The summed E-state index contributed by atoms with van der Waals surface area (Å²) in [5.74, 6) is -1.01. The first-order chi connectivity index (χ1) is 8.02. The van der Waals surface area contributed by atoms with Crippen molar-refractivity contribution in [1.82, 2.24) is 9.97 Å². The van der Waals surface area contributed by atoms with Crippen LogP contribution in [-0.2, 0) is 16.1 Å². The lowest BCUT2D eigenvalue weighted by Gasteiger charge is -2.19. The van der Waals surface area contributed by atoms with Gasteiger partial charge in [-0.25, -0.2) is 9.97 Å². The first kappa shape index (κ1) is 12.8. The molecule has 1 aromatic rings. The Morgan fingerprint density at radius 1 is 1.24 bits per heavy atom. The monoisotopic (exact) mass is 238 g/mol. The molecule has 0 atom stereocenters. The van der Waals surface area contributed by atoms with Crippen LogP contribution in [0.3, 0.4) is 0 Å². The number of nitrogens with zero attached hydrogens (tertiary/aromatic N) is 3. The van der Waals surface area contributed by atoms with Crippen molar-refractivity contribution in [2.24, 2.45) is 17.2 Å². The molecule has 0 saturated heterocycles. The molecule has 2 amide bonds. The van der Waals surface area contributed by atoms with Crippen molar-refractivity contribution < 1.29 is 9.59 Å². The van der Waals surface area contributed by atoms with E-state index < -0.39 is 11.8 Å². The Hall–Kier alpha value is -2.22. The lowest BCUT2D eigenvalue weighted by atomic mass is 10.4. The van der Waals surface area contributed by atoms with Crippen LogP contribution in [0.5, 0.6) is 0 Å². The maximum Gasteiger partial charge on any atom is 0.237 e. The molecular weight excluding hydrogens is 224 g/mol. The molecule has 6 N–H and O–H groups in total. The van der Waals surface area contributed by atoms with E-state index in [1.807, 2.05) is 0 Å². The Morgan fingerprint density at radius 3 is 2.29 bits per heavy atom. The van der Waals surface area contributed by atoms with Crippen LogP contribution in [0.1, 0.15) is 5.69 Å². The van der Waals surface area contributed by atoms with Crippen LogP contribution < -0.4 is 22.1 Å². The van der Waals surface area contributed by atoms with Crippen molar-refractivity contribution in [3.05, 3.63) is 18.0 Å². The van der Waals surface area contributed by atoms with E-state index in [-0.39, 0.29) is 25.6 Å². The van der Waals surface area contributed by atoms with Gasteiger partial charge < -0.3 is 22.1 Å². The van der Waals surface area contributed by atoms with E-state index in [0.717, 1.165) is 0 Å². The Morgan fingerprint density at radius 2 is 1.82 bits per heavy atom. The molecule has 1 rings (SSSR count). The summed E-state index contributed by atoms with van der Waals surface area (Å²) in [4.78, 5) is 31.0. The van der Waals surface area contributed by atoms with Crippen molar-refractivity contribution in [3.63, 3.8) is 0 Å². The van der Waals surface area contributed by atoms with Gasteiger partial charge in [-0.15, -0.1) is 0 Å². The fourth-order valence-electron chi connectivity index (χ4n) is 1.22. The molecule has 8 nitrogen and oxygen atoms in total. The summed E-state index contributed by atoms with van der Waals surface area (Å²) in [7, 11) is 0. The van der Waals surface area contributed by atoms with E-state index in [9.17, 15) is 9.59 Å². The summed E-state index contributed by atoms with van der Waals surface area (Å²) >= 11 is 0. The minimum absolute atomic E-state index is 0.184. The van der Waals surface area contributed by atoms with Gasteiger partial charge >= 0.3 is 0 Å². The molecule has 0 radical (unpaired) electrons. The Kier molecular flexibility index (Phi) is 4.35. The normalized spacial score (nSPS) is 9.94. The molecule has 8 heteroatoms. The number of amides is 2. The standard InChI is InChI=1S/C9H14N6O2/c10-3-6-1-2-13-9(14-6)15(4-7(11)16)5-8(12)17/h1-2H,3-5,10H2,(H2,11,16)(H2,12,17). The number of rotatable bonds is 6. The van der Waals surface area contributed by atoms with Crippen LogP contribution in [0.15, 0.2) is 12.3 Å². The first-order valence-corrected chi connectivity index (χ1v) is 4.86. The fraction of sp³-hybridized carbons (Fsp3) is 0.333. The molecule has 0 fully saturated rings. The SMILES string of the molecule is NCc1ccnc(N(CC(N)=O)CC(N)=O)n1. The summed E-state index contributed by atoms with van der Waals surface area (Å²) in [5, 5.41) is 0. The number of nitrogens with two attached hydrogens (primary N) is 3. The van der Waals surface area contributed by atoms with Gasteiger partial charge in [-0.05, 0) is 6.07 Å². The van der Waals surface area contributed by atoms with E-state index in [1.165, 1.54) is 11.1 Å². The fourth-order valence-corrected chi connectivity index (χ4v) is 1.22. The van der Waals surface area contributed by atoms with Gasteiger partial charge in [-0.2, -0.15) is 0 Å². The van der Waals surface area contributed by atoms with Crippen LogP contribution in [-0.4, -0.2) is 34.9 Å². The highest BCUT2D eigenvalue weighted by atomic mass is 16.2. The first-order valence-electron chi connectivity index (χ1n) is 4.86. The van der Waals surface area contributed by atoms with Gasteiger partial charge in [0.05, 0.1) is 5.69 Å². The third-order valence-electron chi connectivity index (χ3n) is 1.89. The molecule has 1 heterocycles.